The molecule has 2 amide bonds. The molecule has 0 aliphatic rings. The number of nitriles is 1. The molecule has 0 saturated heterocycles. The first kappa shape index (κ1) is 20.3. The Bertz CT molecular complexity index is 850. The molecule has 7 heteroatoms. The molecule has 0 atom stereocenters. The number of nitrogens with zero attached hydrogens (tertiary/aromatic N) is 1. The first-order chi connectivity index (χ1) is 12.9. The Kier molecular flexibility index (Phi) is 7.21. The van der Waals surface area contributed by atoms with E-state index < -0.39 is 0 Å². The van der Waals surface area contributed by atoms with Crippen molar-refractivity contribution in [3.05, 3.63) is 58.1 Å². The number of carbonyl (C=O) groups is 2. The van der Waals surface area contributed by atoms with Crippen molar-refractivity contribution < 1.29 is 14.3 Å². The third-order valence-corrected chi connectivity index (χ3v) is 4.34. The van der Waals surface area contributed by atoms with E-state index in [-0.39, 0.29) is 24.8 Å². The van der Waals surface area contributed by atoms with Gasteiger partial charge in [0.1, 0.15) is 12.2 Å². The zero-order chi connectivity index (χ0) is 19.8. The van der Waals surface area contributed by atoms with Gasteiger partial charge in [-0.05, 0) is 54.8 Å². The molecule has 27 heavy (non-hydrogen) atoms. The van der Waals surface area contributed by atoms with Crippen LogP contribution in [0.2, 0.25) is 5.02 Å². The molecule has 0 saturated carbocycles. The summed E-state index contributed by atoms with van der Waals surface area (Å²) in [4.78, 5) is 23.3. The van der Waals surface area contributed by atoms with Gasteiger partial charge in [0, 0.05) is 17.3 Å². The van der Waals surface area contributed by atoms with Crippen LogP contribution in [-0.2, 0) is 16.1 Å². The van der Waals surface area contributed by atoms with E-state index in [9.17, 15) is 9.59 Å². The summed E-state index contributed by atoms with van der Waals surface area (Å²) in [5.74, 6) is -0.0111. The van der Waals surface area contributed by atoms with Gasteiger partial charge in [0.2, 0.25) is 5.91 Å². The zero-order valence-electron chi connectivity index (χ0n) is 15.1. The molecule has 0 unspecified atom stereocenters. The molecule has 6 nitrogen and oxygen atoms in total. The van der Waals surface area contributed by atoms with E-state index >= 15 is 0 Å². The summed E-state index contributed by atoms with van der Waals surface area (Å²) in [7, 11) is 0. The van der Waals surface area contributed by atoms with Crippen LogP contribution in [0, 0.1) is 25.2 Å². The van der Waals surface area contributed by atoms with Crippen molar-refractivity contribution in [3.63, 3.8) is 0 Å². The highest BCUT2D eigenvalue weighted by Gasteiger charge is 2.07. The molecule has 2 rings (SSSR count). The summed E-state index contributed by atoms with van der Waals surface area (Å²) in [6.45, 7) is 3.97. The monoisotopic (exact) mass is 385 g/mol. The lowest BCUT2D eigenvalue weighted by atomic mass is 10.1. The normalized spacial score (nSPS) is 10.0. The third kappa shape index (κ3) is 6.32. The minimum atomic E-state index is -0.320. The van der Waals surface area contributed by atoms with Gasteiger partial charge in [0.05, 0.1) is 6.07 Å². The highest BCUT2D eigenvalue weighted by atomic mass is 35.5. The van der Waals surface area contributed by atoms with Crippen LogP contribution in [0.4, 0.5) is 5.69 Å². The van der Waals surface area contributed by atoms with Gasteiger partial charge < -0.3 is 15.4 Å². The summed E-state index contributed by atoms with van der Waals surface area (Å²) in [6.07, 6.45) is -0.166. The Morgan fingerprint density at radius 3 is 2.33 bits per heavy atom. The van der Waals surface area contributed by atoms with Gasteiger partial charge in [-0.15, -0.1) is 0 Å². The van der Waals surface area contributed by atoms with E-state index in [1.54, 1.807) is 42.5 Å². The molecule has 0 radical (unpaired) electrons. The van der Waals surface area contributed by atoms with Crippen LogP contribution in [-0.4, -0.2) is 18.4 Å². The van der Waals surface area contributed by atoms with Crippen LogP contribution in [0.5, 0.6) is 5.75 Å². The van der Waals surface area contributed by atoms with Gasteiger partial charge in [-0.25, -0.2) is 0 Å². The summed E-state index contributed by atoms with van der Waals surface area (Å²) >= 11 is 6.12. The molecule has 0 aliphatic heterocycles. The lowest BCUT2D eigenvalue weighted by Crippen LogP contribution is -2.22. The van der Waals surface area contributed by atoms with Crippen molar-refractivity contribution >= 4 is 29.1 Å². The number of halogens is 1. The average molecular weight is 386 g/mol. The van der Waals surface area contributed by atoms with Crippen LogP contribution in [0.25, 0.3) is 0 Å². The van der Waals surface area contributed by atoms with E-state index in [0.29, 0.717) is 23.0 Å². The molecular weight excluding hydrogens is 366 g/mol. The molecule has 0 aromatic heterocycles. The number of benzene rings is 2. The maximum atomic E-state index is 12.0. The largest absolute Gasteiger partial charge is 0.484 e. The van der Waals surface area contributed by atoms with E-state index in [2.05, 4.69) is 10.6 Å². The van der Waals surface area contributed by atoms with Crippen molar-refractivity contribution in [1.82, 2.24) is 5.32 Å². The van der Waals surface area contributed by atoms with Crippen molar-refractivity contribution in [2.45, 2.75) is 26.8 Å². The summed E-state index contributed by atoms with van der Waals surface area (Å²) < 4.78 is 5.52. The average Bonchev–Trinajstić information content (AvgIpc) is 2.64. The van der Waals surface area contributed by atoms with Gasteiger partial charge in [0.25, 0.3) is 5.91 Å². The number of ether oxygens (including phenoxy) is 1. The number of carbonyl (C=O) groups excluding carboxylic acids is 2. The van der Waals surface area contributed by atoms with Crippen LogP contribution < -0.4 is 15.4 Å². The predicted octanol–water partition coefficient (Wildman–Crippen LogP) is 3.50. The van der Waals surface area contributed by atoms with Crippen molar-refractivity contribution in [1.29, 1.82) is 5.26 Å². The fourth-order valence-corrected chi connectivity index (χ4v) is 2.49. The minimum Gasteiger partial charge on any atom is -0.484 e. The molecule has 140 valence electrons. The Balaban J connectivity index is 1.83. The topological polar surface area (TPSA) is 91.2 Å². The maximum absolute atomic E-state index is 12.0. The Morgan fingerprint density at radius 2 is 1.74 bits per heavy atom. The van der Waals surface area contributed by atoms with E-state index in [1.165, 1.54) is 0 Å². The number of amides is 2. The van der Waals surface area contributed by atoms with Crippen molar-refractivity contribution in [2.75, 3.05) is 11.9 Å². The molecule has 0 heterocycles. The molecule has 2 N–H and O–H groups in total. The number of hydrogen-bond acceptors (Lipinski definition) is 4. The molecule has 0 aliphatic carbocycles. The summed E-state index contributed by atoms with van der Waals surface area (Å²) in [5.41, 5.74) is 3.27. The lowest BCUT2D eigenvalue weighted by molar-refractivity contribution is -0.120. The van der Waals surface area contributed by atoms with Gasteiger partial charge in [-0.3, -0.25) is 9.59 Å². The fraction of sp³-hybridized carbons (Fsp3) is 0.250. The van der Waals surface area contributed by atoms with Crippen LogP contribution in [0.3, 0.4) is 0 Å². The summed E-state index contributed by atoms with van der Waals surface area (Å²) in [6, 6.07) is 12.4. The van der Waals surface area contributed by atoms with Crippen LogP contribution in [0.1, 0.15) is 23.1 Å². The highest BCUT2D eigenvalue weighted by molar-refractivity contribution is 6.32. The Morgan fingerprint density at radius 1 is 1.11 bits per heavy atom. The second kappa shape index (κ2) is 9.60. The second-order valence-corrected chi connectivity index (χ2v) is 6.39. The quantitative estimate of drug-likeness (QED) is 0.763. The van der Waals surface area contributed by atoms with Gasteiger partial charge in [-0.1, -0.05) is 23.7 Å². The molecule has 2 aromatic carbocycles. The molecule has 2 aromatic rings. The number of nitrogens with one attached hydrogen (secondary N) is 2. The maximum Gasteiger partial charge on any atom is 0.262 e. The van der Waals surface area contributed by atoms with Gasteiger partial charge in [0.15, 0.2) is 6.61 Å². The second-order valence-electron chi connectivity index (χ2n) is 6.02. The van der Waals surface area contributed by atoms with Crippen molar-refractivity contribution in [2.24, 2.45) is 0 Å². The standard InChI is InChI=1S/C20H20ClN3O3/c1-13-9-17(10-14(2)20(13)21)27-12-19(26)24-16-5-3-15(4-6-16)11-23-18(25)7-8-22/h3-6,9-10H,7,11-12H2,1-2H3,(H,23,25)(H,24,26). The number of hydrogen-bond donors (Lipinski definition) is 2. The van der Waals surface area contributed by atoms with Crippen molar-refractivity contribution in [3.8, 4) is 11.8 Å². The number of anilines is 1. The van der Waals surface area contributed by atoms with E-state index in [0.717, 1.165) is 16.7 Å². The molecule has 0 bridgehead atoms. The highest BCUT2D eigenvalue weighted by Crippen LogP contribution is 2.25. The Hall–Kier alpha value is -3.04. The number of rotatable bonds is 7. The predicted molar refractivity (Wildman–Crippen MR) is 104 cm³/mol. The lowest BCUT2D eigenvalue weighted by Gasteiger charge is -2.11. The smallest absolute Gasteiger partial charge is 0.262 e. The first-order valence-electron chi connectivity index (χ1n) is 8.31. The van der Waals surface area contributed by atoms with E-state index in [1.807, 2.05) is 13.8 Å². The fourth-order valence-electron chi connectivity index (χ4n) is 2.38. The Labute approximate surface area is 163 Å². The van der Waals surface area contributed by atoms with Gasteiger partial charge in [-0.2, -0.15) is 5.26 Å². The molecule has 0 fully saturated rings. The zero-order valence-corrected chi connectivity index (χ0v) is 15.9. The summed E-state index contributed by atoms with van der Waals surface area (Å²) in [5, 5.41) is 14.5. The van der Waals surface area contributed by atoms with Crippen LogP contribution >= 0.6 is 11.6 Å². The first-order valence-corrected chi connectivity index (χ1v) is 8.69. The third-order valence-electron chi connectivity index (χ3n) is 3.75. The van der Waals surface area contributed by atoms with E-state index in [4.69, 9.17) is 21.6 Å². The molecule has 0 spiro atoms. The number of aryl methyl sites for hydroxylation is 2. The van der Waals surface area contributed by atoms with Crippen LogP contribution in [0.15, 0.2) is 36.4 Å². The SMILES string of the molecule is Cc1cc(OCC(=O)Nc2ccc(CNC(=O)CC#N)cc2)cc(C)c1Cl. The molecular formula is C20H20ClN3O3. The minimum absolute atomic E-state index is 0.119. The van der Waals surface area contributed by atoms with Gasteiger partial charge >= 0.3 is 0 Å².